The fraction of sp³-hybridized carbons (Fsp3) is 0.393. The number of hydrogen-bond donors (Lipinski definition) is 1. The fourth-order valence-corrected chi connectivity index (χ4v) is 7.62. The van der Waals surface area contributed by atoms with Crippen LogP contribution >= 0.6 is 0 Å². The van der Waals surface area contributed by atoms with Gasteiger partial charge in [0.2, 0.25) is 0 Å². The summed E-state index contributed by atoms with van der Waals surface area (Å²) in [7, 11) is -1.34. The number of carbonyl (C=O) groups excluding carboxylic acids is 1. The van der Waals surface area contributed by atoms with Gasteiger partial charge in [-0.25, -0.2) is 22.9 Å². The largest absolute Gasteiger partial charge is 0.368 e. The maximum absolute atomic E-state index is 12.8. The van der Waals surface area contributed by atoms with Crippen molar-refractivity contribution in [2.75, 3.05) is 30.8 Å². The summed E-state index contributed by atoms with van der Waals surface area (Å²) in [5.74, 6) is 0.304. The van der Waals surface area contributed by atoms with Crippen LogP contribution < -0.4 is 10.2 Å². The van der Waals surface area contributed by atoms with Crippen molar-refractivity contribution in [2.24, 2.45) is 5.10 Å². The van der Waals surface area contributed by atoms with Crippen LogP contribution in [0.25, 0.3) is 5.69 Å². The van der Waals surface area contributed by atoms with Crippen LogP contribution in [0.5, 0.6) is 0 Å². The first-order chi connectivity index (χ1) is 18.1. The first-order valence-electron chi connectivity index (χ1n) is 12.9. The lowest BCUT2D eigenvalue weighted by atomic mass is 9.92. The number of carbonyl (C=O) groups is 1. The van der Waals surface area contributed by atoms with Gasteiger partial charge in [-0.1, -0.05) is 18.2 Å². The number of sulfone groups is 1. The smallest absolute Gasteiger partial charge is 0.337 e. The number of benzene rings is 2. The molecule has 2 fully saturated rings. The van der Waals surface area contributed by atoms with Gasteiger partial charge in [0.15, 0.2) is 9.84 Å². The van der Waals surface area contributed by atoms with E-state index in [9.17, 15) is 13.2 Å². The number of anilines is 1. The number of fused-ring (bicyclic) bond motifs is 1. The number of urea groups is 1. The van der Waals surface area contributed by atoms with Crippen molar-refractivity contribution in [3.63, 3.8) is 0 Å². The molecular formula is C28H32N6O3S. The summed E-state index contributed by atoms with van der Waals surface area (Å²) in [6.07, 6.45) is 1.41. The molecule has 1 unspecified atom stereocenters. The summed E-state index contributed by atoms with van der Waals surface area (Å²) < 4.78 is 25.8. The number of aryl methyl sites for hydroxylation is 2. The number of hydrazone groups is 1. The fourth-order valence-electron chi connectivity index (χ4n) is 5.80. The molecule has 1 N–H and O–H groups in total. The number of nitrogens with zero attached hydrogens (tertiary/aromatic N) is 5. The summed E-state index contributed by atoms with van der Waals surface area (Å²) in [6.45, 7) is 7.10. The number of aromatic nitrogens is 2. The van der Waals surface area contributed by atoms with E-state index >= 15 is 0 Å². The lowest BCUT2D eigenvalue weighted by Gasteiger charge is -2.55. The van der Waals surface area contributed by atoms with Crippen molar-refractivity contribution in [2.45, 2.75) is 44.4 Å². The van der Waals surface area contributed by atoms with E-state index in [0.717, 1.165) is 45.9 Å². The average Bonchev–Trinajstić information content (AvgIpc) is 3.13. The van der Waals surface area contributed by atoms with E-state index in [1.54, 1.807) is 7.05 Å². The Kier molecular flexibility index (Phi) is 5.64. The molecule has 1 aromatic heterocycles. The SMILES string of the molecule is CNC(=O)N1N=C(c2ccc(N3CC4(CCS4(=O)=O)C3)cc2)c2cc(-n3nc(C)cc3C)ccc2CC1C. The Hall–Kier alpha value is -3.66. The summed E-state index contributed by atoms with van der Waals surface area (Å²) >= 11 is 0. The standard InChI is InChI=1S/C28H32N6O3S/c1-18-13-19(2)33(30-18)24-10-7-22-14-20(3)34(27(35)29-4)31-26(25(22)15-24)21-5-8-23(9-6-21)32-16-28(17-32)11-12-38(28,36)37/h5-10,13,15,20H,11-12,14,16-17H2,1-4H3,(H,29,35). The van der Waals surface area contributed by atoms with Crippen molar-refractivity contribution in [1.29, 1.82) is 0 Å². The monoisotopic (exact) mass is 532 g/mol. The third-order valence-corrected chi connectivity index (χ3v) is 10.6. The number of rotatable bonds is 3. The number of amides is 2. The van der Waals surface area contributed by atoms with Gasteiger partial charge in [0.1, 0.15) is 4.75 Å². The Morgan fingerprint density at radius 1 is 1.05 bits per heavy atom. The van der Waals surface area contributed by atoms with Gasteiger partial charge in [0, 0.05) is 42.6 Å². The van der Waals surface area contributed by atoms with Crippen LogP contribution in [0.4, 0.5) is 10.5 Å². The van der Waals surface area contributed by atoms with Crippen molar-refractivity contribution >= 4 is 27.3 Å². The normalized spacial score (nSPS) is 21.2. The van der Waals surface area contributed by atoms with Crippen LogP contribution in [0.15, 0.2) is 53.6 Å². The third-order valence-electron chi connectivity index (χ3n) is 8.12. The molecule has 6 rings (SSSR count). The zero-order valence-electron chi connectivity index (χ0n) is 22.1. The van der Waals surface area contributed by atoms with Crippen LogP contribution in [0.1, 0.15) is 41.4 Å². The zero-order chi connectivity index (χ0) is 26.8. The quantitative estimate of drug-likeness (QED) is 0.559. The second-order valence-electron chi connectivity index (χ2n) is 10.7. The molecular weight excluding hydrogens is 500 g/mol. The van der Waals surface area contributed by atoms with Crippen molar-refractivity contribution in [3.8, 4) is 5.69 Å². The Bertz CT molecular complexity index is 1570. The molecule has 9 nitrogen and oxygen atoms in total. The van der Waals surface area contributed by atoms with E-state index < -0.39 is 14.6 Å². The molecule has 10 heteroatoms. The molecule has 0 saturated carbocycles. The maximum Gasteiger partial charge on any atom is 0.337 e. The molecule has 2 aromatic carbocycles. The van der Waals surface area contributed by atoms with E-state index in [4.69, 9.17) is 5.10 Å². The minimum atomic E-state index is -2.95. The molecule has 2 amide bonds. The zero-order valence-corrected chi connectivity index (χ0v) is 22.9. The summed E-state index contributed by atoms with van der Waals surface area (Å²) in [5.41, 5.74) is 7.58. The van der Waals surface area contributed by atoms with Crippen LogP contribution in [-0.2, 0) is 16.3 Å². The second-order valence-corrected chi connectivity index (χ2v) is 13.2. The lowest BCUT2D eigenvalue weighted by Crippen LogP contribution is -2.72. The molecule has 3 aliphatic heterocycles. The van der Waals surface area contributed by atoms with E-state index in [2.05, 4.69) is 33.5 Å². The Morgan fingerprint density at radius 2 is 1.76 bits per heavy atom. The van der Waals surface area contributed by atoms with Gasteiger partial charge in [0.25, 0.3) is 0 Å². The molecule has 0 bridgehead atoms. The predicted molar refractivity (Wildman–Crippen MR) is 148 cm³/mol. The Balaban J connectivity index is 1.39. The first-order valence-corrected chi connectivity index (χ1v) is 14.6. The van der Waals surface area contributed by atoms with Crippen LogP contribution in [0.3, 0.4) is 0 Å². The number of nitrogens with one attached hydrogen (secondary N) is 1. The number of hydrogen-bond acceptors (Lipinski definition) is 6. The van der Waals surface area contributed by atoms with E-state index in [-0.39, 0.29) is 12.1 Å². The van der Waals surface area contributed by atoms with Gasteiger partial charge >= 0.3 is 6.03 Å². The second kappa shape index (κ2) is 8.69. The van der Waals surface area contributed by atoms with Gasteiger partial charge in [0.05, 0.1) is 28.9 Å². The minimum Gasteiger partial charge on any atom is -0.368 e. The minimum absolute atomic E-state index is 0.133. The maximum atomic E-state index is 12.8. The van der Waals surface area contributed by atoms with E-state index in [1.165, 1.54) is 5.01 Å². The van der Waals surface area contributed by atoms with Crippen LogP contribution in [-0.4, -0.2) is 71.6 Å². The molecule has 3 aliphatic rings. The molecule has 1 spiro atoms. The van der Waals surface area contributed by atoms with Gasteiger partial charge < -0.3 is 10.2 Å². The molecule has 38 heavy (non-hydrogen) atoms. The van der Waals surface area contributed by atoms with Crippen LogP contribution in [0, 0.1) is 13.8 Å². The van der Waals surface area contributed by atoms with Gasteiger partial charge in [-0.15, -0.1) is 0 Å². The lowest BCUT2D eigenvalue weighted by molar-refractivity contribution is 0.184. The molecule has 1 atom stereocenters. The first kappa shape index (κ1) is 24.7. The van der Waals surface area contributed by atoms with Crippen molar-refractivity contribution in [3.05, 3.63) is 76.6 Å². The van der Waals surface area contributed by atoms with E-state index in [1.807, 2.05) is 55.8 Å². The van der Waals surface area contributed by atoms with E-state index in [0.29, 0.717) is 31.0 Å². The molecule has 2 saturated heterocycles. The van der Waals surface area contributed by atoms with Crippen molar-refractivity contribution < 1.29 is 13.2 Å². The third kappa shape index (κ3) is 3.81. The Morgan fingerprint density at radius 3 is 2.34 bits per heavy atom. The summed E-state index contributed by atoms with van der Waals surface area (Å²) in [4.78, 5) is 14.9. The summed E-state index contributed by atoms with van der Waals surface area (Å²) in [5, 5.41) is 13.8. The highest BCUT2D eigenvalue weighted by Gasteiger charge is 2.59. The van der Waals surface area contributed by atoms with Gasteiger partial charge in [-0.3, -0.25) is 0 Å². The molecule has 0 aliphatic carbocycles. The van der Waals surface area contributed by atoms with Gasteiger partial charge in [-0.2, -0.15) is 10.2 Å². The molecule has 198 valence electrons. The topological polar surface area (TPSA) is 99.9 Å². The van der Waals surface area contributed by atoms with Gasteiger partial charge in [-0.05, 0) is 69.5 Å². The highest BCUT2D eigenvalue weighted by Crippen LogP contribution is 2.43. The molecule has 3 aromatic rings. The molecule has 4 heterocycles. The van der Waals surface area contributed by atoms with Crippen molar-refractivity contribution in [1.82, 2.24) is 20.1 Å². The predicted octanol–water partition coefficient (Wildman–Crippen LogP) is 3.20. The highest BCUT2D eigenvalue weighted by atomic mass is 32.2. The average molecular weight is 533 g/mol. The molecule has 0 radical (unpaired) electrons. The Labute approximate surface area is 223 Å². The summed E-state index contributed by atoms with van der Waals surface area (Å²) in [6, 6.07) is 16.0. The van der Waals surface area contributed by atoms with Crippen LogP contribution in [0.2, 0.25) is 0 Å². The highest BCUT2D eigenvalue weighted by molar-refractivity contribution is 7.94.